The number of hydrogen-bond acceptors (Lipinski definition) is 2. The molecule has 1 aromatic carbocycles. The normalized spacial score (nSPS) is 12.5. The summed E-state index contributed by atoms with van der Waals surface area (Å²) in [5.41, 5.74) is 6.29. The molecule has 2 N–H and O–H groups in total. The van der Waals surface area contributed by atoms with Crippen LogP contribution in [0.25, 0.3) is 0 Å². The van der Waals surface area contributed by atoms with Crippen LogP contribution in [0.3, 0.4) is 0 Å². The number of benzene rings is 1. The van der Waals surface area contributed by atoms with E-state index < -0.39 is 6.04 Å². The smallest absolute Gasteiger partial charge is 0.153 e. The van der Waals surface area contributed by atoms with Crippen molar-refractivity contribution in [3.8, 4) is 0 Å². The van der Waals surface area contributed by atoms with Crippen LogP contribution in [0.4, 0.5) is 0 Å². The first kappa shape index (κ1) is 12.5. The number of rotatable bonds is 4. The van der Waals surface area contributed by atoms with Gasteiger partial charge in [0.05, 0.1) is 6.04 Å². The zero-order valence-electron chi connectivity index (χ0n) is 8.47. The van der Waals surface area contributed by atoms with Crippen molar-refractivity contribution in [3.05, 3.63) is 33.8 Å². The Morgan fingerprint density at radius 1 is 1.40 bits per heavy atom. The lowest BCUT2D eigenvalue weighted by Gasteiger charge is -2.09. The molecular formula is C11H13Cl2NO. The van der Waals surface area contributed by atoms with Crippen molar-refractivity contribution in [1.82, 2.24) is 0 Å². The second kappa shape index (κ2) is 5.50. The van der Waals surface area contributed by atoms with Gasteiger partial charge in [-0.15, -0.1) is 0 Å². The minimum atomic E-state index is -0.433. The third kappa shape index (κ3) is 3.20. The van der Waals surface area contributed by atoms with Crippen molar-refractivity contribution in [2.45, 2.75) is 25.8 Å². The van der Waals surface area contributed by atoms with Crippen LogP contribution >= 0.6 is 23.2 Å². The van der Waals surface area contributed by atoms with Crippen LogP contribution in [0.1, 0.15) is 18.9 Å². The van der Waals surface area contributed by atoms with Crippen molar-refractivity contribution in [2.75, 3.05) is 0 Å². The average molecular weight is 246 g/mol. The van der Waals surface area contributed by atoms with E-state index in [1.807, 2.05) is 6.92 Å². The van der Waals surface area contributed by atoms with E-state index >= 15 is 0 Å². The zero-order chi connectivity index (χ0) is 11.4. The standard InChI is InChI=1S/C11H13Cl2NO/c1-2-10(14)11(15)6-7-8(12)4-3-5-9(7)13/h3-5,10H,2,6,14H2,1H3. The molecule has 2 nitrogen and oxygen atoms in total. The first-order chi connectivity index (χ1) is 7.06. The molecule has 1 atom stereocenters. The van der Waals surface area contributed by atoms with Crippen LogP contribution in [0.5, 0.6) is 0 Å². The Bertz CT molecular complexity index is 345. The maximum absolute atomic E-state index is 11.6. The van der Waals surface area contributed by atoms with E-state index in [2.05, 4.69) is 0 Å². The SMILES string of the molecule is CCC(N)C(=O)Cc1c(Cl)cccc1Cl. The quantitative estimate of drug-likeness (QED) is 0.887. The van der Waals surface area contributed by atoms with E-state index in [9.17, 15) is 4.79 Å². The minimum Gasteiger partial charge on any atom is -0.322 e. The molecule has 0 radical (unpaired) electrons. The van der Waals surface area contributed by atoms with Crippen molar-refractivity contribution in [1.29, 1.82) is 0 Å². The fourth-order valence-electron chi connectivity index (χ4n) is 1.23. The first-order valence-electron chi connectivity index (χ1n) is 4.77. The molecule has 1 unspecified atom stereocenters. The first-order valence-corrected chi connectivity index (χ1v) is 5.53. The topological polar surface area (TPSA) is 43.1 Å². The molecule has 0 saturated heterocycles. The Kier molecular flexibility index (Phi) is 4.58. The number of nitrogens with two attached hydrogens (primary N) is 1. The van der Waals surface area contributed by atoms with Crippen LogP contribution in [0.15, 0.2) is 18.2 Å². The maximum atomic E-state index is 11.6. The summed E-state index contributed by atoms with van der Waals surface area (Å²) in [5.74, 6) is -0.0347. The molecule has 0 amide bonds. The average Bonchev–Trinajstić information content (AvgIpc) is 2.22. The van der Waals surface area contributed by atoms with E-state index in [1.54, 1.807) is 18.2 Å². The largest absolute Gasteiger partial charge is 0.322 e. The van der Waals surface area contributed by atoms with Crippen LogP contribution in [-0.4, -0.2) is 11.8 Å². The lowest BCUT2D eigenvalue weighted by atomic mass is 10.0. The highest BCUT2D eigenvalue weighted by atomic mass is 35.5. The summed E-state index contributed by atoms with van der Waals surface area (Å²) in [6.45, 7) is 1.87. The highest BCUT2D eigenvalue weighted by molar-refractivity contribution is 6.36. The number of hydrogen-bond donors (Lipinski definition) is 1. The molecule has 15 heavy (non-hydrogen) atoms. The molecule has 1 rings (SSSR count). The summed E-state index contributed by atoms with van der Waals surface area (Å²) in [7, 11) is 0. The molecule has 0 fully saturated rings. The summed E-state index contributed by atoms with van der Waals surface area (Å²) < 4.78 is 0. The Balaban J connectivity index is 2.85. The maximum Gasteiger partial charge on any atom is 0.153 e. The predicted molar refractivity (Wildman–Crippen MR) is 63.4 cm³/mol. The molecule has 0 aliphatic rings. The van der Waals surface area contributed by atoms with Crippen LogP contribution in [0, 0.1) is 0 Å². The molecule has 0 aliphatic carbocycles. The molecule has 0 bridgehead atoms. The molecule has 0 aliphatic heterocycles. The molecule has 1 aromatic rings. The monoisotopic (exact) mass is 245 g/mol. The number of halogens is 2. The summed E-state index contributed by atoms with van der Waals surface area (Å²) in [6.07, 6.45) is 0.828. The van der Waals surface area contributed by atoms with Crippen molar-refractivity contribution in [3.63, 3.8) is 0 Å². The Hall–Kier alpha value is -0.570. The van der Waals surface area contributed by atoms with Gasteiger partial charge in [-0.1, -0.05) is 36.2 Å². The highest BCUT2D eigenvalue weighted by Crippen LogP contribution is 2.25. The number of ketones is 1. The van der Waals surface area contributed by atoms with Crippen LogP contribution in [-0.2, 0) is 11.2 Å². The number of carbonyl (C=O) groups excluding carboxylic acids is 1. The summed E-state index contributed by atoms with van der Waals surface area (Å²) in [4.78, 5) is 11.6. The number of carbonyl (C=O) groups is 1. The molecule has 4 heteroatoms. The Morgan fingerprint density at radius 2 is 1.93 bits per heavy atom. The van der Waals surface area contributed by atoms with Gasteiger partial charge in [-0.3, -0.25) is 4.79 Å². The van der Waals surface area contributed by atoms with E-state index in [1.165, 1.54) is 0 Å². The molecule has 0 heterocycles. The van der Waals surface area contributed by atoms with Gasteiger partial charge in [-0.2, -0.15) is 0 Å². The van der Waals surface area contributed by atoms with Gasteiger partial charge in [0.25, 0.3) is 0 Å². The summed E-state index contributed by atoms with van der Waals surface area (Å²) in [6, 6.07) is 4.75. The van der Waals surface area contributed by atoms with E-state index in [0.29, 0.717) is 22.0 Å². The lowest BCUT2D eigenvalue weighted by molar-refractivity contribution is -0.119. The second-order valence-corrected chi connectivity index (χ2v) is 4.17. The molecule has 82 valence electrons. The van der Waals surface area contributed by atoms with Gasteiger partial charge in [0.2, 0.25) is 0 Å². The van der Waals surface area contributed by atoms with Crippen molar-refractivity contribution < 1.29 is 4.79 Å². The van der Waals surface area contributed by atoms with E-state index in [-0.39, 0.29) is 12.2 Å². The fraction of sp³-hybridized carbons (Fsp3) is 0.364. The van der Waals surface area contributed by atoms with Gasteiger partial charge in [-0.25, -0.2) is 0 Å². The van der Waals surface area contributed by atoms with Gasteiger partial charge < -0.3 is 5.73 Å². The Morgan fingerprint density at radius 3 is 2.40 bits per heavy atom. The third-order valence-electron chi connectivity index (χ3n) is 2.27. The highest BCUT2D eigenvalue weighted by Gasteiger charge is 2.15. The third-order valence-corrected chi connectivity index (χ3v) is 2.97. The summed E-state index contributed by atoms with van der Waals surface area (Å²) in [5, 5.41) is 1.03. The second-order valence-electron chi connectivity index (χ2n) is 3.36. The van der Waals surface area contributed by atoms with E-state index in [4.69, 9.17) is 28.9 Å². The zero-order valence-corrected chi connectivity index (χ0v) is 9.98. The lowest BCUT2D eigenvalue weighted by Crippen LogP contribution is -2.30. The van der Waals surface area contributed by atoms with Gasteiger partial charge in [-0.05, 0) is 24.1 Å². The minimum absolute atomic E-state index is 0.0347. The fourth-order valence-corrected chi connectivity index (χ4v) is 1.77. The van der Waals surface area contributed by atoms with Gasteiger partial charge in [0.15, 0.2) is 5.78 Å². The van der Waals surface area contributed by atoms with Gasteiger partial charge in [0.1, 0.15) is 0 Å². The predicted octanol–water partition coefficient (Wildman–Crippen LogP) is 2.84. The molecular weight excluding hydrogens is 233 g/mol. The van der Waals surface area contributed by atoms with Gasteiger partial charge in [0, 0.05) is 16.5 Å². The van der Waals surface area contributed by atoms with Gasteiger partial charge >= 0.3 is 0 Å². The van der Waals surface area contributed by atoms with E-state index in [0.717, 1.165) is 0 Å². The molecule has 0 saturated carbocycles. The molecule has 0 aromatic heterocycles. The summed E-state index contributed by atoms with van der Waals surface area (Å²) >= 11 is 11.9. The van der Waals surface area contributed by atoms with Crippen molar-refractivity contribution in [2.24, 2.45) is 5.73 Å². The van der Waals surface area contributed by atoms with Crippen molar-refractivity contribution >= 4 is 29.0 Å². The molecule has 0 spiro atoms. The Labute approximate surface area is 99.4 Å². The number of Topliss-reactive ketones (excluding diaryl/α,β-unsaturated/α-hetero) is 1. The van der Waals surface area contributed by atoms with Crippen LogP contribution < -0.4 is 5.73 Å². The van der Waals surface area contributed by atoms with Crippen LogP contribution in [0.2, 0.25) is 10.0 Å².